The van der Waals surface area contributed by atoms with Crippen LogP contribution in [0.25, 0.3) is 0 Å². The van der Waals surface area contributed by atoms with E-state index in [1.165, 1.54) is 161 Å². The van der Waals surface area contributed by atoms with Gasteiger partial charge in [-0.2, -0.15) is 0 Å². The van der Waals surface area contributed by atoms with Crippen LogP contribution in [0.3, 0.4) is 0 Å². The molecule has 0 spiro atoms. The van der Waals surface area contributed by atoms with E-state index < -0.39 is 54.0 Å². The molecule has 0 aromatic heterocycles. The van der Waals surface area contributed by atoms with Crippen LogP contribution in [-0.4, -0.2) is 106 Å². The van der Waals surface area contributed by atoms with Crippen LogP contribution >= 0.6 is 0 Å². The number of esters is 1. The van der Waals surface area contributed by atoms with Crippen LogP contribution in [0, 0.1) is 11.8 Å². The fourth-order valence-electron chi connectivity index (χ4n) is 11.6. The number of nitrogens with one attached hydrogen (secondary N) is 1. The van der Waals surface area contributed by atoms with Gasteiger partial charge < -0.3 is 35.2 Å². The van der Waals surface area contributed by atoms with Gasteiger partial charge in [0, 0.05) is 19.5 Å². The number of alkyl carbamates (subject to hydrolysis) is 1. The molecule has 470 valence electrons. The van der Waals surface area contributed by atoms with Gasteiger partial charge in [-0.25, -0.2) is 4.79 Å². The largest absolute Gasteiger partial charge is 0.469 e. The van der Waals surface area contributed by atoms with Crippen LogP contribution in [-0.2, 0) is 19.1 Å². The Morgan fingerprint density at radius 3 is 1.13 bits per heavy atom. The summed E-state index contributed by atoms with van der Waals surface area (Å²) in [6.07, 6.45) is 45.4. The molecule has 0 rings (SSSR count). The summed E-state index contributed by atoms with van der Waals surface area (Å²) in [7, 11) is 1.36. The lowest BCUT2D eigenvalue weighted by molar-refractivity contribution is -0.147. The summed E-state index contributed by atoms with van der Waals surface area (Å²) < 4.78 is 10.9. The zero-order valence-electron chi connectivity index (χ0n) is 53.5. The summed E-state index contributed by atoms with van der Waals surface area (Å²) >= 11 is 0. The second-order valence-electron chi connectivity index (χ2n) is 25.6. The van der Waals surface area contributed by atoms with E-state index in [9.17, 15) is 34.8 Å². The molecule has 0 bridgehead atoms. The van der Waals surface area contributed by atoms with Gasteiger partial charge in [0.1, 0.15) is 5.60 Å². The predicted molar refractivity (Wildman–Crippen MR) is 333 cm³/mol. The average molecular weight is 1120 g/mol. The first-order valence-electron chi connectivity index (χ1n) is 34.1. The van der Waals surface area contributed by atoms with Crippen molar-refractivity contribution in [1.29, 1.82) is 0 Å². The normalized spacial score (nSPS) is 14.4. The van der Waals surface area contributed by atoms with Crippen molar-refractivity contribution in [1.82, 2.24) is 10.2 Å². The molecule has 0 aliphatic heterocycles. The third-order valence-corrected chi connectivity index (χ3v) is 16.4. The third-order valence-electron chi connectivity index (χ3n) is 16.4. The van der Waals surface area contributed by atoms with E-state index in [1.807, 2.05) is 0 Å². The Hall–Kier alpha value is -1.79. The SMILES string of the molecule is CCCCCCCCCC[C@@H](O)CC(CCCC[C@@H](CC(=O)[C@@H](CCCCN(C[C@@H](O)CCCCCCCCCC)C[C@@H](O)CCCCCCCCCC)NC(=O)OC(C)(C)C)C(=O)OC)C[C@H](O)CCCCCCCCCC. The lowest BCUT2D eigenvalue weighted by Gasteiger charge is -2.28. The topological polar surface area (TPSA) is 166 Å². The summed E-state index contributed by atoms with van der Waals surface area (Å²) in [6.45, 7) is 16.0. The number of hydrogen-bond donors (Lipinski definition) is 5. The highest BCUT2D eigenvalue weighted by atomic mass is 16.6. The number of aliphatic hydroxyl groups is 4. The Labute approximate surface area is 488 Å². The first kappa shape index (κ1) is 77.2. The Kier molecular flexibility index (Phi) is 52.9. The van der Waals surface area contributed by atoms with E-state index in [4.69, 9.17) is 9.47 Å². The summed E-state index contributed by atoms with van der Waals surface area (Å²) in [4.78, 5) is 43.0. The number of rotatable bonds is 59. The lowest BCUT2D eigenvalue weighted by atomic mass is 9.86. The standard InChI is InChI=1S/C68H134N2O9/c1-9-13-17-21-25-29-33-37-47-60(71)53-58(54-61(72)48-38-34-30-26-22-18-14-10-2)45-41-42-46-59(66(76)78-8)55-65(75)64(69-67(77)79-68(5,6)7)51-43-44-52-70(56-62(73)49-39-35-31-27-23-19-15-11-3)57-63(74)50-40-36-32-28-24-20-16-12-4/h58-64,71-74H,9-57H2,1-8H3,(H,69,77)/t59-,60+,61+,62-,63-,64+/m0/s1. The van der Waals surface area contributed by atoms with Gasteiger partial charge in [-0.3, -0.25) is 14.5 Å². The summed E-state index contributed by atoms with van der Waals surface area (Å²) in [5.41, 5.74) is -0.761. The molecule has 0 aliphatic rings. The number of ether oxygens (including phenoxy) is 2. The van der Waals surface area contributed by atoms with Gasteiger partial charge in [0.15, 0.2) is 5.78 Å². The molecule has 0 saturated heterocycles. The van der Waals surface area contributed by atoms with Gasteiger partial charge >= 0.3 is 12.1 Å². The van der Waals surface area contributed by atoms with E-state index in [0.29, 0.717) is 64.6 Å². The Bertz CT molecular complexity index is 1300. The van der Waals surface area contributed by atoms with Crippen LogP contribution in [0.4, 0.5) is 4.79 Å². The smallest absolute Gasteiger partial charge is 0.408 e. The number of carbonyl (C=O) groups is 3. The molecule has 1 amide bonds. The van der Waals surface area contributed by atoms with E-state index in [1.54, 1.807) is 20.8 Å². The van der Waals surface area contributed by atoms with Crippen LogP contribution in [0.15, 0.2) is 0 Å². The van der Waals surface area contributed by atoms with Crippen molar-refractivity contribution in [3.05, 3.63) is 0 Å². The molecule has 0 aliphatic carbocycles. The number of amides is 1. The highest BCUT2D eigenvalue weighted by Crippen LogP contribution is 2.28. The Morgan fingerprint density at radius 2 is 0.759 bits per heavy atom. The van der Waals surface area contributed by atoms with Crippen molar-refractivity contribution in [2.45, 2.75) is 380 Å². The quantitative estimate of drug-likeness (QED) is 0.0292. The number of unbranched alkanes of at least 4 members (excludes halogenated alkanes) is 30. The summed E-state index contributed by atoms with van der Waals surface area (Å²) in [6, 6.07) is -0.856. The Morgan fingerprint density at radius 1 is 0.430 bits per heavy atom. The molecule has 11 nitrogen and oxygen atoms in total. The lowest BCUT2D eigenvalue weighted by Crippen LogP contribution is -2.44. The minimum atomic E-state index is -0.856. The molecule has 0 heterocycles. The van der Waals surface area contributed by atoms with E-state index in [2.05, 4.69) is 37.9 Å². The second-order valence-corrected chi connectivity index (χ2v) is 25.6. The zero-order chi connectivity index (χ0) is 58.6. The molecule has 5 N–H and O–H groups in total. The van der Waals surface area contributed by atoms with Crippen molar-refractivity contribution in [3.8, 4) is 0 Å². The molecule has 0 aromatic rings. The third kappa shape index (κ3) is 50.4. The minimum Gasteiger partial charge on any atom is -0.469 e. The van der Waals surface area contributed by atoms with Gasteiger partial charge in [-0.1, -0.05) is 252 Å². The number of carbonyl (C=O) groups excluding carboxylic acids is 3. The first-order chi connectivity index (χ1) is 38.1. The van der Waals surface area contributed by atoms with Gasteiger partial charge in [-0.05, 0) is 97.4 Å². The second kappa shape index (κ2) is 54.2. The fourth-order valence-corrected chi connectivity index (χ4v) is 11.6. The van der Waals surface area contributed by atoms with E-state index in [0.717, 1.165) is 89.9 Å². The van der Waals surface area contributed by atoms with Crippen LogP contribution in [0.1, 0.15) is 344 Å². The maximum Gasteiger partial charge on any atom is 0.408 e. The van der Waals surface area contributed by atoms with E-state index >= 15 is 0 Å². The molecule has 0 radical (unpaired) electrons. The molecule has 6 atom stereocenters. The minimum absolute atomic E-state index is 0.0623. The molecular weight excluding hydrogens is 989 g/mol. The van der Waals surface area contributed by atoms with Gasteiger partial charge in [0.05, 0.1) is 43.5 Å². The highest BCUT2D eigenvalue weighted by Gasteiger charge is 2.30. The molecule has 0 unspecified atom stereocenters. The predicted octanol–water partition coefficient (Wildman–Crippen LogP) is 17.6. The van der Waals surface area contributed by atoms with Crippen molar-refractivity contribution in [2.24, 2.45) is 11.8 Å². The van der Waals surface area contributed by atoms with Crippen LogP contribution < -0.4 is 5.32 Å². The molecule has 0 fully saturated rings. The van der Waals surface area contributed by atoms with Gasteiger partial charge in [-0.15, -0.1) is 0 Å². The molecule has 79 heavy (non-hydrogen) atoms. The van der Waals surface area contributed by atoms with E-state index in [-0.39, 0.29) is 18.1 Å². The van der Waals surface area contributed by atoms with Crippen molar-refractivity contribution < 1.29 is 44.3 Å². The Balaban J connectivity index is 5.80. The molecule has 0 saturated carbocycles. The van der Waals surface area contributed by atoms with Gasteiger partial charge in [0.2, 0.25) is 0 Å². The van der Waals surface area contributed by atoms with Crippen molar-refractivity contribution in [3.63, 3.8) is 0 Å². The molecule has 11 heteroatoms. The van der Waals surface area contributed by atoms with Crippen LogP contribution in [0.2, 0.25) is 0 Å². The number of methoxy groups -OCH3 is 1. The fraction of sp³-hybridized carbons (Fsp3) is 0.956. The summed E-state index contributed by atoms with van der Waals surface area (Å²) in [5.74, 6) is -1.17. The van der Waals surface area contributed by atoms with Crippen molar-refractivity contribution >= 4 is 17.8 Å². The molecule has 0 aromatic carbocycles. The summed E-state index contributed by atoms with van der Waals surface area (Å²) in [5, 5.41) is 47.8. The maximum absolute atomic E-state index is 14.3. The number of ketones is 1. The van der Waals surface area contributed by atoms with Gasteiger partial charge in [0.25, 0.3) is 0 Å². The number of hydrogen-bond acceptors (Lipinski definition) is 10. The zero-order valence-corrected chi connectivity index (χ0v) is 53.5. The highest BCUT2D eigenvalue weighted by molar-refractivity contribution is 5.90. The molecular formula is C68H134N2O9. The number of Topliss-reactive ketones (excluding diaryl/α,β-unsaturated/α-hetero) is 1. The monoisotopic (exact) mass is 1120 g/mol. The maximum atomic E-state index is 14.3. The number of aliphatic hydroxyl groups excluding tert-OH is 4. The number of nitrogens with zero attached hydrogens (tertiary/aromatic N) is 1. The van der Waals surface area contributed by atoms with Crippen molar-refractivity contribution in [2.75, 3.05) is 26.7 Å². The first-order valence-corrected chi connectivity index (χ1v) is 34.1. The van der Waals surface area contributed by atoms with Crippen LogP contribution in [0.5, 0.6) is 0 Å². The average Bonchev–Trinajstić information content (AvgIpc) is 3.40.